The largest absolute Gasteiger partial charge is 0.329 e. The van der Waals surface area contributed by atoms with Gasteiger partial charge in [0.2, 0.25) is 5.91 Å². The van der Waals surface area contributed by atoms with Crippen LogP contribution in [0.3, 0.4) is 0 Å². The van der Waals surface area contributed by atoms with E-state index in [-0.39, 0.29) is 28.8 Å². The Balaban J connectivity index is 1.60. The minimum absolute atomic E-state index is 0.146. The molecule has 1 heterocycles. The lowest BCUT2D eigenvalue weighted by Crippen LogP contribution is -2.24. The molecular weight excluding hydrogens is 362 g/mol. The highest BCUT2D eigenvalue weighted by Gasteiger charge is 2.31. The van der Waals surface area contributed by atoms with Crippen LogP contribution in [-0.4, -0.2) is 32.8 Å². The van der Waals surface area contributed by atoms with Gasteiger partial charge in [0.05, 0.1) is 17.0 Å². The van der Waals surface area contributed by atoms with Gasteiger partial charge in [0.15, 0.2) is 16.7 Å². The molecule has 134 valence electrons. The van der Waals surface area contributed by atoms with Crippen LogP contribution < -0.4 is 5.32 Å². The summed E-state index contributed by atoms with van der Waals surface area (Å²) in [4.78, 5) is 42.2. The van der Waals surface area contributed by atoms with Gasteiger partial charge in [-0.1, -0.05) is 48.2 Å². The van der Waals surface area contributed by atoms with Gasteiger partial charge in [0.1, 0.15) is 0 Å². The van der Waals surface area contributed by atoms with Gasteiger partial charge in [-0.2, -0.15) is 0 Å². The Kier molecular flexibility index (Phi) is 4.37. The molecule has 0 saturated carbocycles. The van der Waals surface area contributed by atoms with Crippen molar-refractivity contribution < 1.29 is 14.4 Å². The fraction of sp³-hybridized carbons (Fsp3) is 0.100. The van der Waals surface area contributed by atoms with E-state index in [1.54, 1.807) is 54.9 Å². The van der Waals surface area contributed by atoms with Gasteiger partial charge < -0.3 is 9.88 Å². The number of imidazole rings is 1. The summed E-state index contributed by atoms with van der Waals surface area (Å²) in [5, 5.41) is 3.49. The molecule has 0 aliphatic heterocycles. The van der Waals surface area contributed by atoms with Crippen molar-refractivity contribution in [2.45, 2.75) is 5.16 Å². The molecule has 0 saturated heterocycles. The normalized spacial score (nSPS) is 12.5. The number of nitrogens with one attached hydrogen (secondary N) is 1. The summed E-state index contributed by atoms with van der Waals surface area (Å²) in [6.45, 7) is 0. The van der Waals surface area contributed by atoms with Crippen LogP contribution >= 0.6 is 11.8 Å². The van der Waals surface area contributed by atoms with Crippen molar-refractivity contribution in [1.82, 2.24) is 9.55 Å². The van der Waals surface area contributed by atoms with E-state index in [1.807, 2.05) is 11.6 Å². The van der Waals surface area contributed by atoms with E-state index in [0.717, 1.165) is 5.16 Å². The van der Waals surface area contributed by atoms with Gasteiger partial charge in [-0.05, 0) is 6.07 Å². The standard InChI is InChI=1S/C20H15N3O3S/c1-23-10-9-21-20(23)27-11-16(24)22-15-8-4-7-14-17(15)19(26)13-6-3-2-5-12(13)18(14)25/h2-10H,11H2,1H3,(H,22,24). The first kappa shape index (κ1) is 17.2. The number of benzene rings is 2. The van der Waals surface area contributed by atoms with Crippen molar-refractivity contribution >= 4 is 34.9 Å². The maximum atomic E-state index is 12.9. The number of ketones is 2. The Morgan fingerprint density at radius 3 is 2.44 bits per heavy atom. The lowest BCUT2D eigenvalue weighted by molar-refractivity contribution is -0.113. The Bertz CT molecular complexity index is 1090. The van der Waals surface area contributed by atoms with Gasteiger partial charge >= 0.3 is 0 Å². The van der Waals surface area contributed by atoms with E-state index < -0.39 is 0 Å². The molecule has 0 atom stereocenters. The van der Waals surface area contributed by atoms with Crippen LogP contribution in [0.1, 0.15) is 31.8 Å². The first-order chi connectivity index (χ1) is 13.1. The highest BCUT2D eigenvalue weighted by Crippen LogP contribution is 2.32. The molecule has 2 aromatic carbocycles. The Hall–Kier alpha value is -3.19. The average Bonchev–Trinajstić information content (AvgIpc) is 3.09. The van der Waals surface area contributed by atoms with Gasteiger partial charge in [0.25, 0.3) is 0 Å². The molecule has 0 spiro atoms. The van der Waals surface area contributed by atoms with Crippen molar-refractivity contribution in [1.29, 1.82) is 0 Å². The number of nitrogens with zero attached hydrogens (tertiary/aromatic N) is 2. The number of carbonyl (C=O) groups is 3. The summed E-state index contributed by atoms with van der Waals surface area (Å²) in [5.74, 6) is -0.588. The third kappa shape index (κ3) is 3.06. The zero-order valence-electron chi connectivity index (χ0n) is 14.4. The molecular formula is C20H15N3O3S. The maximum absolute atomic E-state index is 12.9. The highest BCUT2D eigenvalue weighted by molar-refractivity contribution is 7.99. The molecule has 1 aromatic heterocycles. The fourth-order valence-corrected chi connectivity index (χ4v) is 3.79. The minimum atomic E-state index is -0.268. The number of hydrogen-bond acceptors (Lipinski definition) is 5. The smallest absolute Gasteiger partial charge is 0.234 e. The van der Waals surface area contributed by atoms with E-state index in [4.69, 9.17) is 0 Å². The predicted octanol–water partition coefficient (Wildman–Crippen LogP) is 2.93. The van der Waals surface area contributed by atoms with Gasteiger partial charge in [-0.15, -0.1) is 0 Å². The van der Waals surface area contributed by atoms with Crippen LogP contribution in [0.4, 0.5) is 5.69 Å². The molecule has 0 unspecified atom stereocenters. The number of thioether (sulfide) groups is 1. The highest BCUT2D eigenvalue weighted by atomic mass is 32.2. The predicted molar refractivity (Wildman–Crippen MR) is 102 cm³/mol. The number of rotatable bonds is 4. The lowest BCUT2D eigenvalue weighted by Gasteiger charge is -2.20. The Morgan fingerprint density at radius 2 is 1.74 bits per heavy atom. The quantitative estimate of drug-likeness (QED) is 0.553. The van der Waals surface area contributed by atoms with Gasteiger partial charge in [0, 0.05) is 36.1 Å². The molecule has 27 heavy (non-hydrogen) atoms. The first-order valence-corrected chi connectivity index (χ1v) is 9.26. The summed E-state index contributed by atoms with van der Waals surface area (Å²) < 4.78 is 1.82. The fourth-order valence-electron chi connectivity index (χ4n) is 3.06. The van der Waals surface area contributed by atoms with E-state index in [0.29, 0.717) is 22.4 Å². The van der Waals surface area contributed by atoms with E-state index in [2.05, 4.69) is 10.3 Å². The minimum Gasteiger partial charge on any atom is -0.329 e. The van der Waals surface area contributed by atoms with Gasteiger partial charge in [-0.25, -0.2) is 4.98 Å². The number of anilines is 1. The van der Waals surface area contributed by atoms with E-state index >= 15 is 0 Å². The second-order valence-corrected chi connectivity index (χ2v) is 7.03. The van der Waals surface area contributed by atoms with Crippen LogP contribution in [0.25, 0.3) is 0 Å². The Labute approximate surface area is 159 Å². The van der Waals surface area contributed by atoms with Crippen LogP contribution in [0.5, 0.6) is 0 Å². The van der Waals surface area contributed by atoms with Crippen LogP contribution in [0.15, 0.2) is 60.0 Å². The second-order valence-electron chi connectivity index (χ2n) is 6.09. The van der Waals surface area contributed by atoms with Crippen molar-refractivity contribution in [3.8, 4) is 0 Å². The molecule has 3 aromatic rings. The lowest BCUT2D eigenvalue weighted by atomic mass is 9.83. The SMILES string of the molecule is Cn1ccnc1SCC(=O)Nc1cccc2c1C(=O)c1ccccc1C2=O. The third-order valence-electron chi connectivity index (χ3n) is 4.34. The maximum Gasteiger partial charge on any atom is 0.234 e. The van der Waals surface area contributed by atoms with Crippen LogP contribution in [0.2, 0.25) is 0 Å². The Morgan fingerprint density at radius 1 is 1.04 bits per heavy atom. The molecule has 0 bridgehead atoms. The number of amides is 1. The number of aryl methyl sites for hydroxylation is 1. The molecule has 6 nitrogen and oxygen atoms in total. The third-order valence-corrected chi connectivity index (χ3v) is 5.39. The monoisotopic (exact) mass is 377 g/mol. The number of carbonyl (C=O) groups excluding carboxylic acids is 3. The summed E-state index contributed by atoms with van der Waals surface area (Å²) >= 11 is 1.30. The summed E-state index contributed by atoms with van der Waals surface area (Å²) in [6.07, 6.45) is 3.46. The zero-order valence-corrected chi connectivity index (χ0v) is 15.2. The topological polar surface area (TPSA) is 81.1 Å². The zero-order chi connectivity index (χ0) is 19.0. The van der Waals surface area contributed by atoms with Crippen molar-refractivity contribution in [3.05, 3.63) is 77.1 Å². The molecule has 1 N–H and O–H groups in total. The molecule has 0 radical (unpaired) electrons. The van der Waals surface area contributed by atoms with Crippen LogP contribution in [0, 0.1) is 0 Å². The van der Waals surface area contributed by atoms with E-state index in [9.17, 15) is 14.4 Å². The van der Waals surface area contributed by atoms with Crippen molar-refractivity contribution in [2.75, 3.05) is 11.1 Å². The van der Waals surface area contributed by atoms with Crippen molar-refractivity contribution in [2.24, 2.45) is 7.05 Å². The first-order valence-electron chi connectivity index (χ1n) is 8.27. The number of hydrogen-bond donors (Lipinski definition) is 1. The summed E-state index contributed by atoms with van der Waals surface area (Å²) in [6, 6.07) is 11.7. The van der Waals surface area contributed by atoms with E-state index in [1.165, 1.54) is 11.8 Å². The van der Waals surface area contributed by atoms with Gasteiger partial charge in [-0.3, -0.25) is 14.4 Å². The number of fused-ring (bicyclic) bond motifs is 2. The summed E-state index contributed by atoms with van der Waals surface area (Å²) in [5.41, 5.74) is 1.67. The second kappa shape index (κ2) is 6.85. The average molecular weight is 377 g/mol. The molecule has 1 aliphatic carbocycles. The molecule has 0 fully saturated rings. The molecule has 1 amide bonds. The molecule has 7 heteroatoms. The molecule has 1 aliphatic rings. The summed E-state index contributed by atoms with van der Waals surface area (Å²) in [7, 11) is 1.85. The number of aromatic nitrogens is 2. The van der Waals surface area contributed by atoms with Crippen LogP contribution in [-0.2, 0) is 11.8 Å². The molecule has 4 rings (SSSR count). The van der Waals surface area contributed by atoms with Crippen molar-refractivity contribution in [3.63, 3.8) is 0 Å².